The van der Waals surface area contributed by atoms with Crippen LogP contribution >= 0.6 is 11.3 Å². The first kappa shape index (κ1) is 13.0. The number of nitrogens with zero attached hydrogens (tertiary/aromatic N) is 1. The first-order chi connectivity index (χ1) is 10.8. The third kappa shape index (κ3) is 2.16. The number of hydrogen-bond acceptors (Lipinski definition) is 3. The molecule has 0 saturated carbocycles. The van der Waals surface area contributed by atoms with Crippen LogP contribution in [0.25, 0.3) is 32.5 Å². The molecule has 1 heterocycles. The molecule has 0 bridgehead atoms. The molecule has 0 aliphatic rings. The highest BCUT2D eigenvalue weighted by Crippen LogP contribution is 2.40. The van der Waals surface area contributed by atoms with Crippen LogP contribution in [0.2, 0.25) is 0 Å². The first-order valence-electron chi connectivity index (χ1n) is 7.13. The highest BCUT2D eigenvalue weighted by atomic mass is 32.1. The number of nitrogens with two attached hydrogens (primary N) is 1. The zero-order chi connectivity index (χ0) is 14.9. The number of anilines is 1. The lowest BCUT2D eigenvalue weighted by Crippen LogP contribution is -1.86. The van der Waals surface area contributed by atoms with Crippen molar-refractivity contribution in [3.63, 3.8) is 0 Å². The summed E-state index contributed by atoms with van der Waals surface area (Å²) in [7, 11) is 0. The molecule has 0 spiro atoms. The average Bonchev–Trinajstić information content (AvgIpc) is 2.97. The molecule has 2 nitrogen and oxygen atoms in total. The Bertz CT molecular complexity index is 937. The van der Waals surface area contributed by atoms with Crippen molar-refractivity contribution in [1.82, 2.24) is 4.98 Å². The Morgan fingerprint density at radius 1 is 0.773 bits per heavy atom. The standard InChI is InChI=1S/C19H14N2S/c20-19-21-17(18(22-19)14-8-2-1-3-9-14)16-12-6-10-13-7-4-5-11-15(13)16/h1-12H,(H2,20,21). The molecule has 4 aromatic rings. The summed E-state index contributed by atoms with van der Waals surface area (Å²) in [5.41, 5.74) is 9.25. The lowest BCUT2D eigenvalue weighted by atomic mass is 10.00. The Labute approximate surface area is 132 Å². The first-order valence-corrected chi connectivity index (χ1v) is 7.94. The number of nitrogen functional groups attached to an aromatic ring is 1. The van der Waals surface area contributed by atoms with Gasteiger partial charge in [-0.1, -0.05) is 84.1 Å². The second-order valence-electron chi connectivity index (χ2n) is 5.12. The fraction of sp³-hybridized carbons (Fsp3) is 0. The Hall–Kier alpha value is -2.65. The van der Waals surface area contributed by atoms with Crippen molar-refractivity contribution in [2.24, 2.45) is 0 Å². The van der Waals surface area contributed by atoms with Gasteiger partial charge in [0.05, 0.1) is 10.6 Å². The van der Waals surface area contributed by atoms with Gasteiger partial charge in [0.15, 0.2) is 5.13 Å². The van der Waals surface area contributed by atoms with Gasteiger partial charge in [0.1, 0.15) is 0 Å². The van der Waals surface area contributed by atoms with E-state index in [1.807, 2.05) is 18.2 Å². The quantitative estimate of drug-likeness (QED) is 0.552. The van der Waals surface area contributed by atoms with Crippen LogP contribution in [0.5, 0.6) is 0 Å². The molecule has 106 valence electrons. The van der Waals surface area contributed by atoms with Gasteiger partial charge in [0.25, 0.3) is 0 Å². The molecule has 1 aromatic heterocycles. The zero-order valence-corrected chi connectivity index (χ0v) is 12.7. The molecule has 0 aliphatic heterocycles. The smallest absolute Gasteiger partial charge is 0.181 e. The van der Waals surface area contributed by atoms with Crippen molar-refractivity contribution in [2.45, 2.75) is 0 Å². The topological polar surface area (TPSA) is 38.9 Å². The van der Waals surface area contributed by atoms with Gasteiger partial charge >= 0.3 is 0 Å². The van der Waals surface area contributed by atoms with Crippen molar-refractivity contribution in [3.05, 3.63) is 72.8 Å². The monoisotopic (exact) mass is 302 g/mol. The Morgan fingerprint density at radius 2 is 1.50 bits per heavy atom. The van der Waals surface area contributed by atoms with E-state index in [0.29, 0.717) is 5.13 Å². The molecule has 3 aromatic carbocycles. The van der Waals surface area contributed by atoms with Crippen molar-refractivity contribution in [1.29, 1.82) is 0 Å². The third-order valence-corrected chi connectivity index (χ3v) is 4.66. The van der Waals surface area contributed by atoms with E-state index in [2.05, 4.69) is 59.6 Å². The van der Waals surface area contributed by atoms with Crippen LogP contribution in [0.1, 0.15) is 0 Å². The molecular formula is C19H14N2S. The summed E-state index contributed by atoms with van der Waals surface area (Å²) in [4.78, 5) is 5.72. The van der Waals surface area contributed by atoms with E-state index in [-0.39, 0.29) is 0 Å². The Morgan fingerprint density at radius 3 is 2.36 bits per heavy atom. The predicted octanol–water partition coefficient (Wildman–Crippen LogP) is 5.21. The maximum atomic E-state index is 6.01. The van der Waals surface area contributed by atoms with E-state index in [9.17, 15) is 0 Å². The van der Waals surface area contributed by atoms with Gasteiger partial charge in [-0.15, -0.1) is 0 Å². The van der Waals surface area contributed by atoms with Crippen LogP contribution in [0, 0.1) is 0 Å². The molecule has 0 aliphatic carbocycles. The molecule has 0 saturated heterocycles. The van der Waals surface area contributed by atoms with Crippen LogP contribution in [-0.2, 0) is 0 Å². The van der Waals surface area contributed by atoms with E-state index >= 15 is 0 Å². The van der Waals surface area contributed by atoms with Crippen molar-refractivity contribution < 1.29 is 0 Å². The minimum Gasteiger partial charge on any atom is -0.375 e. The van der Waals surface area contributed by atoms with Gasteiger partial charge in [0, 0.05) is 5.56 Å². The van der Waals surface area contributed by atoms with Crippen molar-refractivity contribution >= 4 is 27.2 Å². The summed E-state index contributed by atoms with van der Waals surface area (Å²) in [6.07, 6.45) is 0. The van der Waals surface area contributed by atoms with E-state index in [1.165, 1.54) is 22.1 Å². The summed E-state index contributed by atoms with van der Waals surface area (Å²) >= 11 is 1.54. The summed E-state index contributed by atoms with van der Waals surface area (Å²) in [6.45, 7) is 0. The summed E-state index contributed by atoms with van der Waals surface area (Å²) < 4.78 is 0. The van der Waals surface area contributed by atoms with Crippen LogP contribution in [0.3, 0.4) is 0 Å². The van der Waals surface area contributed by atoms with Crippen LogP contribution in [0.4, 0.5) is 5.13 Å². The fourth-order valence-corrected chi connectivity index (χ4v) is 3.59. The fourth-order valence-electron chi connectivity index (χ4n) is 2.74. The Balaban J connectivity index is 2.00. The number of fused-ring (bicyclic) bond motifs is 1. The largest absolute Gasteiger partial charge is 0.375 e. The molecule has 2 N–H and O–H groups in total. The lowest BCUT2D eigenvalue weighted by Gasteiger charge is -2.07. The minimum atomic E-state index is 0.599. The highest BCUT2D eigenvalue weighted by molar-refractivity contribution is 7.19. The Kier molecular flexibility index (Phi) is 3.13. The molecule has 0 amide bonds. The molecule has 22 heavy (non-hydrogen) atoms. The van der Waals surface area contributed by atoms with Crippen molar-refractivity contribution in [3.8, 4) is 21.7 Å². The SMILES string of the molecule is Nc1nc(-c2cccc3ccccc23)c(-c2ccccc2)s1. The number of aromatic nitrogens is 1. The number of rotatable bonds is 2. The second-order valence-corrected chi connectivity index (χ2v) is 6.15. The van der Waals surface area contributed by atoms with E-state index in [0.717, 1.165) is 21.7 Å². The molecule has 0 unspecified atom stereocenters. The van der Waals surface area contributed by atoms with Gasteiger partial charge in [0.2, 0.25) is 0 Å². The van der Waals surface area contributed by atoms with E-state index in [4.69, 9.17) is 5.73 Å². The van der Waals surface area contributed by atoms with Gasteiger partial charge in [-0.2, -0.15) is 0 Å². The molecular weight excluding hydrogens is 288 g/mol. The van der Waals surface area contributed by atoms with Crippen LogP contribution < -0.4 is 5.73 Å². The lowest BCUT2D eigenvalue weighted by molar-refractivity contribution is 1.42. The van der Waals surface area contributed by atoms with Gasteiger partial charge in [-0.3, -0.25) is 0 Å². The van der Waals surface area contributed by atoms with E-state index in [1.54, 1.807) is 0 Å². The van der Waals surface area contributed by atoms with Gasteiger partial charge < -0.3 is 5.73 Å². The zero-order valence-electron chi connectivity index (χ0n) is 11.9. The summed E-state index contributed by atoms with van der Waals surface area (Å²) in [5, 5.41) is 3.01. The summed E-state index contributed by atoms with van der Waals surface area (Å²) in [5.74, 6) is 0. The maximum absolute atomic E-state index is 6.01. The van der Waals surface area contributed by atoms with Crippen LogP contribution in [0.15, 0.2) is 72.8 Å². The summed E-state index contributed by atoms with van der Waals surface area (Å²) in [6, 6.07) is 25.0. The van der Waals surface area contributed by atoms with Crippen LogP contribution in [-0.4, -0.2) is 4.98 Å². The molecule has 0 radical (unpaired) electrons. The number of benzene rings is 3. The second kappa shape index (κ2) is 5.28. The van der Waals surface area contributed by atoms with E-state index < -0.39 is 0 Å². The molecule has 4 rings (SSSR count). The van der Waals surface area contributed by atoms with Crippen molar-refractivity contribution in [2.75, 3.05) is 5.73 Å². The molecule has 0 fully saturated rings. The predicted molar refractivity (Wildman–Crippen MR) is 94.9 cm³/mol. The maximum Gasteiger partial charge on any atom is 0.181 e. The minimum absolute atomic E-state index is 0.599. The molecule has 0 atom stereocenters. The van der Waals surface area contributed by atoms with Gasteiger partial charge in [-0.05, 0) is 16.3 Å². The number of thiazole rings is 1. The third-order valence-electron chi connectivity index (χ3n) is 3.72. The number of hydrogen-bond donors (Lipinski definition) is 1. The average molecular weight is 302 g/mol. The van der Waals surface area contributed by atoms with Gasteiger partial charge in [-0.25, -0.2) is 4.98 Å². The normalized spacial score (nSPS) is 10.9. The molecule has 3 heteroatoms. The highest BCUT2D eigenvalue weighted by Gasteiger charge is 2.15.